The second-order valence-electron chi connectivity index (χ2n) is 5.65. The number of nitrogens with one attached hydrogen (secondary N) is 1. The van der Waals surface area contributed by atoms with Crippen LogP contribution in [-0.2, 0) is 16.0 Å². The third-order valence-corrected chi connectivity index (χ3v) is 4.69. The SMILES string of the molecule is CCNC(CC1(OC)CCC1)c1c(Cl)cnn1CCOC. The molecule has 1 atom stereocenters. The molecule has 0 amide bonds. The third kappa shape index (κ3) is 3.77. The Morgan fingerprint density at radius 1 is 1.48 bits per heavy atom. The van der Waals surface area contributed by atoms with Gasteiger partial charge >= 0.3 is 0 Å². The molecule has 1 fully saturated rings. The number of rotatable bonds is 9. The van der Waals surface area contributed by atoms with Gasteiger partial charge in [0.15, 0.2) is 0 Å². The number of hydrogen-bond acceptors (Lipinski definition) is 4. The normalized spacial score (nSPS) is 18.5. The Labute approximate surface area is 131 Å². The van der Waals surface area contributed by atoms with Crippen LogP contribution >= 0.6 is 11.6 Å². The van der Waals surface area contributed by atoms with Crippen LogP contribution in [0.1, 0.15) is 44.3 Å². The maximum Gasteiger partial charge on any atom is 0.0834 e. The fourth-order valence-electron chi connectivity index (χ4n) is 3.02. The van der Waals surface area contributed by atoms with Crippen LogP contribution in [0.3, 0.4) is 0 Å². The van der Waals surface area contributed by atoms with E-state index in [1.807, 2.05) is 11.8 Å². The van der Waals surface area contributed by atoms with Gasteiger partial charge in [0.2, 0.25) is 0 Å². The number of halogens is 1. The average molecular weight is 316 g/mol. The molecule has 0 radical (unpaired) electrons. The maximum atomic E-state index is 6.38. The molecule has 0 bridgehead atoms. The summed E-state index contributed by atoms with van der Waals surface area (Å²) < 4.78 is 12.9. The monoisotopic (exact) mass is 315 g/mol. The molecule has 1 aliphatic rings. The topological polar surface area (TPSA) is 48.3 Å². The summed E-state index contributed by atoms with van der Waals surface area (Å²) in [5.41, 5.74) is 1.03. The van der Waals surface area contributed by atoms with Crippen LogP contribution < -0.4 is 5.32 Å². The molecule has 1 aromatic heterocycles. The van der Waals surface area contributed by atoms with Crippen molar-refractivity contribution in [3.8, 4) is 0 Å². The highest BCUT2D eigenvalue weighted by Crippen LogP contribution is 2.42. The lowest BCUT2D eigenvalue weighted by Crippen LogP contribution is -2.43. The lowest BCUT2D eigenvalue weighted by atomic mass is 9.75. The first-order valence-corrected chi connectivity index (χ1v) is 8.02. The second-order valence-corrected chi connectivity index (χ2v) is 6.06. The minimum Gasteiger partial charge on any atom is -0.383 e. The van der Waals surface area contributed by atoms with Gasteiger partial charge in [-0.2, -0.15) is 5.10 Å². The number of methoxy groups -OCH3 is 2. The summed E-state index contributed by atoms with van der Waals surface area (Å²) >= 11 is 6.38. The number of hydrogen-bond donors (Lipinski definition) is 1. The first-order valence-electron chi connectivity index (χ1n) is 7.64. The zero-order valence-electron chi connectivity index (χ0n) is 13.2. The third-order valence-electron chi connectivity index (χ3n) is 4.39. The number of ether oxygens (including phenoxy) is 2. The molecule has 1 N–H and O–H groups in total. The molecular weight excluding hydrogens is 290 g/mol. The molecule has 2 rings (SSSR count). The fourth-order valence-corrected chi connectivity index (χ4v) is 3.29. The van der Waals surface area contributed by atoms with Gasteiger partial charge in [0.1, 0.15) is 0 Å². The molecule has 0 saturated heterocycles. The van der Waals surface area contributed by atoms with Crippen molar-refractivity contribution in [1.29, 1.82) is 0 Å². The molecule has 1 unspecified atom stereocenters. The van der Waals surface area contributed by atoms with Crippen LogP contribution in [0.15, 0.2) is 6.20 Å². The van der Waals surface area contributed by atoms with E-state index >= 15 is 0 Å². The minimum atomic E-state index is -0.00742. The van der Waals surface area contributed by atoms with Crippen LogP contribution in [0.5, 0.6) is 0 Å². The molecule has 1 heterocycles. The predicted molar refractivity (Wildman–Crippen MR) is 83.7 cm³/mol. The Morgan fingerprint density at radius 3 is 2.76 bits per heavy atom. The van der Waals surface area contributed by atoms with Crippen molar-refractivity contribution in [2.24, 2.45) is 0 Å². The standard InChI is InChI=1S/C15H26ClN3O2/c1-4-17-13(10-15(21-3)6-5-7-15)14-12(16)11-18-19(14)8-9-20-2/h11,13,17H,4-10H2,1-3H3. The van der Waals surface area contributed by atoms with Crippen molar-refractivity contribution in [3.05, 3.63) is 16.9 Å². The van der Waals surface area contributed by atoms with E-state index in [0.29, 0.717) is 18.2 Å². The molecule has 1 aliphatic carbocycles. The van der Waals surface area contributed by atoms with Gasteiger partial charge < -0.3 is 14.8 Å². The van der Waals surface area contributed by atoms with E-state index in [-0.39, 0.29) is 11.6 Å². The minimum absolute atomic E-state index is 0.00742. The molecule has 5 nitrogen and oxygen atoms in total. The zero-order valence-corrected chi connectivity index (χ0v) is 13.9. The second kappa shape index (κ2) is 7.58. The Hall–Kier alpha value is -0.620. The van der Waals surface area contributed by atoms with E-state index < -0.39 is 0 Å². The molecule has 1 aromatic rings. The fraction of sp³-hybridized carbons (Fsp3) is 0.800. The zero-order chi connectivity index (χ0) is 15.3. The number of aromatic nitrogens is 2. The lowest BCUT2D eigenvalue weighted by molar-refractivity contribution is -0.0842. The van der Waals surface area contributed by atoms with Gasteiger partial charge in [0.05, 0.1) is 41.7 Å². The van der Waals surface area contributed by atoms with Gasteiger partial charge in [0.25, 0.3) is 0 Å². The Morgan fingerprint density at radius 2 is 2.24 bits per heavy atom. The van der Waals surface area contributed by atoms with E-state index in [1.165, 1.54) is 6.42 Å². The molecule has 0 spiro atoms. The highest BCUT2D eigenvalue weighted by atomic mass is 35.5. The predicted octanol–water partition coefficient (Wildman–Crippen LogP) is 2.79. The van der Waals surface area contributed by atoms with Crippen molar-refractivity contribution >= 4 is 11.6 Å². The smallest absolute Gasteiger partial charge is 0.0834 e. The summed E-state index contributed by atoms with van der Waals surface area (Å²) in [4.78, 5) is 0. The van der Waals surface area contributed by atoms with Crippen molar-refractivity contribution in [3.63, 3.8) is 0 Å². The molecular formula is C15H26ClN3O2. The van der Waals surface area contributed by atoms with Crippen LogP contribution in [-0.4, -0.2) is 42.8 Å². The highest BCUT2D eigenvalue weighted by Gasteiger charge is 2.40. The van der Waals surface area contributed by atoms with Gasteiger partial charge in [-0.15, -0.1) is 0 Å². The summed E-state index contributed by atoms with van der Waals surface area (Å²) in [7, 11) is 3.51. The summed E-state index contributed by atoms with van der Waals surface area (Å²) in [6, 6.07) is 0.155. The van der Waals surface area contributed by atoms with Crippen LogP contribution in [0.25, 0.3) is 0 Å². The first kappa shape index (κ1) is 16.7. The maximum absolute atomic E-state index is 6.38. The van der Waals surface area contributed by atoms with Crippen molar-refractivity contribution < 1.29 is 9.47 Å². The molecule has 6 heteroatoms. The van der Waals surface area contributed by atoms with E-state index in [4.69, 9.17) is 21.1 Å². The Bertz CT molecular complexity index is 441. The van der Waals surface area contributed by atoms with Gasteiger partial charge in [-0.25, -0.2) is 0 Å². The van der Waals surface area contributed by atoms with Crippen molar-refractivity contribution in [2.45, 2.75) is 50.8 Å². The van der Waals surface area contributed by atoms with Gasteiger partial charge in [0, 0.05) is 14.2 Å². The van der Waals surface area contributed by atoms with Gasteiger partial charge in [-0.1, -0.05) is 18.5 Å². The summed E-state index contributed by atoms with van der Waals surface area (Å²) in [5, 5.41) is 8.63. The Kier molecular flexibility index (Phi) is 6.05. The number of nitrogens with zero attached hydrogens (tertiary/aromatic N) is 2. The molecule has 0 aliphatic heterocycles. The van der Waals surface area contributed by atoms with E-state index in [1.54, 1.807) is 13.3 Å². The summed E-state index contributed by atoms with van der Waals surface area (Å²) in [5.74, 6) is 0. The molecule has 21 heavy (non-hydrogen) atoms. The van der Waals surface area contributed by atoms with Crippen LogP contribution in [0, 0.1) is 0 Å². The molecule has 120 valence electrons. The Balaban J connectivity index is 2.18. The van der Waals surface area contributed by atoms with E-state index in [2.05, 4.69) is 17.3 Å². The molecule has 1 saturated carbocycles. The summed E-state index contributed by atoms with van der Waals surface area (Å²) in [6.45, 7) is 4.33. The van der Waals surface area contributed by atoms with Crippen LogP contribution in [0.2, 0.25) is 5.02 Å². The average Bonchev–Trinajstić information content (AvgIpc) is 2.80. The van der Waals surface area contributed by atoms with E-state index in [0.717, 1.165) is 31.5 Å². The van der Waals surface area contributed by atoms with Crippen molar-refractivity contribution in [1.82, 2.24) is 15.1 Å². The lowest BCUT2D eigenvalue weighted by Gasteiger charge is -2.43. The molecule has 0 aromatic carbocycles. The first-order chi connectivity index (χ1) is 10.2. The largest absolute Gasteiger partial charge is 0.383 e. The van der Waals surface area contributed by atoms with Gasteiger partial charge in [-0.05, 0) is 32.2 Å². The van der Waals surface area contributed by atoms with Crippen LogP contribution in [0.4, 0.5) is 0 Å². The quantitative estimate of drug-likeness (QED) is 0.761. The van der Waals surface area contributed by atoms with E-state index in [9.17, 15) is 0 Å². The van der Waals surface area contributed by atoms with Crippen molar-refractivity contribution in [2.75, 3.05) is 27.4 Å². The highest BCUT2D eigenvalue weighted by molar-refractivity contribution is 6.31. The van der Waals surface area contributed by atoms with Gasteiger partial charge in [-0.3, -0.25) is 4.68 Å². The summed E-state index contributed by atoms with van der Waals surface area (Å²) in [6.07, 6.45) is 6.13.